The molecule has 0 radical (unpaired) electrons. The van der Waals surface area contributed by atoms with Gasteiger partial charge in [0.2, 0.25) is 0 Å². The maximum atomic E-state index is 12.8. The lowest BCUT2D eigenvalue weighted by atomic mass is 10.1. The van der Waals surface area contributed by atoms with E-state index in [0.717, 1.165) is 53.9 Å². The number of piperazine rings is 1. The maximum Gasteiger partial charge on any atom is 0.272 e. The first-order chi connectivity index (χ1) is 14.3. The molecule has 2 heterocycles. The largest absolute Gasteiger partial charge is 0.336 e. The number of aromatic nitrogens is 2. The Balaban J connectivity index is 1.61. The number of hydrogen-bond acceptors (Lipinski definition) is 4. The van der Waals surface area contributed by atoms with E-state index in [0.29, 0.717) is 17.8 Å². The van der Waals surface area contributed by atoms with Crippen molar-refractivity contribution in [2.75, 3.05) is 33.2 Å². The zero-order valence-electron chi connectivity index (χ0n) is 18.1. The summed E-state index contributed by atoms with van der Waals surface area (Å²) in [7, 11) is 2.08. The number of fused-ring (bicyclic) bond motifs is 1. The average molecular weight is 405 g/mol. The minimum absolute atomic E-state index is 0.0723. The summed E-state index contributed by atoms with van der Waals surface area (Å²) >= 11 is 0. The van der Waals surface area contributed by atoms with Crippen molar-refractivity contribution < 1.29 is 4.79 Å². The quantitative estimate of drug-likeness (QED) is 0.674. The Morgan fingerprint density at radius 3 is 2.27 bits per heavy atom. The smallest absolute Gasteiger partial charge is 0.272 e. The summed E-state index contributed by atoms with van der Waals surface area (Å²) in [4.78, 5) is 34.2. The van der Waals surface area contributed by atoms with E-state index in [2.05, 4.69) is 23.9 Å². The van der Waals surface area contributed by atoms with E-state index in [1.54, 1.807) is 11.5 Å². The number of likely N-dealkylation sites (N-methyl/N-ethyl adjacent to an activating group) is 1. The second-order valence-corrected chi connectivity index (χ2v) is 8.31. The Kier molecular flexibility index (Phi) is 5.43. The molecule has 1 aliphatic rings. The Labute approximate surface area is 176 Å². The molecule has 1 saturated heterocycles. The van der Waals surface area contributed by atoms with E-state index in [-0.39, 0.29) is 11.5 Å². The molecule has 0 aliphatic carbocycles. The van der Waals surface area contributed by atoms with Crippen LogP contribution in [0.1, 0.15) is 32.7 Å². The molecular formula is C24H28N4O2. The highest BCUT2D eigenvalue weighted by atomic mass is 16.2. The van der Waals surface area contributed by atoms with Gasteiger partial charge in [0.05, 0.1) is 17.6 Å². The minimum atomic E-state index is -0.0802. The summed E-state index contributed by atoms with van der Waals surface area (Å²) in [5.41, 5.74) is 6.05. The fraction of sp³-hybridized carbons (Fsp3) is 0.375. The van der Waals surface area contributed by atoms with Crippen molar-refractivity contribution in [3.8, 4) is 0 Å². The molecule has 2 aromatic carbocycles. The number of amides is 1. The van der Waals surface area contributed by atoms with Gasteiger partial charge in [0.15, 0.2) is 0 Å². The molecule has 3 aromatic rings. The summed E-state index contributed by atoms with van der Waals surface area (Å²) < 4.78 is 1.78. The van der Waals surface area contributed by atoms with Gasteiger partial charge in [0, 0.05) is 31.7 Å². The minimum Gasteiger partial charge on any atom is -0.336 e. The van der Waals surface area contributed by atoms with Crippen LogP contribution in [0.25, 0.3) is 11.0 Å². The lowest BCUT2D eigenvalue weighted by Gasteiger charge is -2.32. The van der Waals surface area contributed by atoms with Crippen molar-refractivity contribution in [3.63, 3.8) is 0 Å². The third-order valence-corrected chi connectivity index (χ3v) is 6.06. The predicted molar refractivity (Wildman–Crippen MR) is 119 cm³/mol. The van der Waals surface area contributed by atoms with Crippen molar-refractivity contribution in [3.05, 3.63) is 74.7 Å². The maximum absolute atomic E-state index is 12.8. The second-order valence-electron chi connectivity index (χ2n) is 8.31. The van der Waals surface area contributed by atoms with Crippen LogP contribution in [0.15, 0.2) is 41.2 Å². The van der Waals surface area contributed by atoms with Crippen LogP contribution in [0.2, 0.25) is 0 Å². The third-order valence-electron chi connectivity index (χ3n) is 6.06. The molecule has 30 heavy (non-hydrogen) atoms. The molecule has 0 spiro atoms. The topological polar surface area (TPSA) is 58.4 Å². The van der Waals surface area contributed by atoms with Gasteiger partial charge in [-0.25, -0.2) is 4.98 Å². The Bertz CT molecular complexity index is 1160. The second kappa shape index (κ2) is 8.03. The van der Waals surface area contributed by atoms with E-state index in [4.69, 9.17) is 0 Å². The van der Waals surface area contributed by atoms with Crippen molar-refractivity contribution in [2.45, 2.75) is 27.3 Å². The molecule has 0 unspecified atom stereocenters. The molecule has 0 bridgehead atoms. The fourth-order valence-electron chi connectivity index (χ4n) is 3.91. The summed E-state index contributed by atoms with van der Waals surface area (Å²) in [6.07, 6.45) is 0. The molecule has 0 saturated carbocycles. The normalized spacial score (nSPS) is 15.0. The highest BCUT2D eigenvalue weighted by Crippen LogP contribution is 2.18. The van der Waals surface area contributed by atoms with Gasteiger partial charge in [0.1, 0.15) is 5.69 Å². The Morgan fingerprint density at radius 2 is 1.60 bits per heavy atom. The molecule has 4 rings (SSSR count). The molecule has 1 amide bonds. The lowest BCUT2D eigenvalue weighted by Crippen LogP contribution is -2.47. The molecular weight excluding hydrogens is 376 g/mol. The van der Waals surface area contributed by atoms with Crippen LogP contribution in [0, 0.1) is 20.8 Å². The summed E-state index contributed by atoms with van der Waals surface area (Å²) in [5, 5.41) is 0. The van der Waals surface area contributed by atoms with Gasteiger partial charge in [-0.1, -0.05) is 12.1 Å². The standard InChI is InChI=1S/C24H28N4O2/c1-16-13-21-22(14-17(16)2)28(23(29)18(3)25-21)15-19-5-7-20(8-6-19)24(30)27-11-9-26(4)10-12-27/h5-8,13-14H,9-12,15H2,1-4H3. The number of rotatable bonds is 3. The van der Waals surface area contributed by atoms with Gasteiger partial charge in [-0.2, -0.15) is 0 Å². The van der Waals surface area contributed by atoms with Crippen molar-refractivity contribution >= 4 is 16.9 Å². The lowest BCUT2D eigenvalue weighted by molar-refractivity contribution is 0.0664. The zero-order chi connectivity index (χ0) is 21.4. The van der Waals surface area contributed by atoms with Crippen molar-refractivity contribution in [1.29, 1.82) is 0 Å². The summed E-state index contributed by atoms with van der Waals surface area (Å²) in [5.74, 6) is 0.0723. The number of nitrogens with zero attached hydrogens (tertiary/aromatic N) is 4. The van der Waals surface area contributed by atoms with Crippen molar-refractivity contribution in [2.24, 2.45) is 0 Å². The van der Waals surface area contributed by atoms with Crippen LogP contribution in [-0.2, 0) is 6.54 Å². The number of hydrogen-bond donors (Lipinski definition) is 0. The van der Waals surface area contributed by atoms with Crippen LogP contribution in [0.4, 0.5) is 0 Å². The monoisotopic (exact) mass is 404 g/mol. The number of carbonyl (C=O) groups excluding carboxylic acids is 1. The third kappa shape index (κ3) is 3.87. The SMILES string of the molecule is Cc1cc2nc(C)c(=O)n(Cc3ccc(C(=O)N4CCN(C)CC4)cc3)c2cc1C. The van der Waals surface area contributed by atoms with Gasteiger partial charge in [0.25, 0.3) is 11.5 Å². The summed E-state index contributed by atoms with van der Waals surface area (Å²) in [6, 6.07) is 11.7. The first-order valence-electron chi connectivity index (χ1n) is 10.4. The van der Waals surface area contributed by atoms with Gasteiger partial charge < -0.3 is 14.4 Å². The zero-order valence-corrected chi connectivity index (χ0v) is 18.1. The number of carbonyl (C=O) groups is 1. The molecule has 6 nitrogen and oxygen atoms in total. The summed E-state index contributed by atoms with van der Waals surface area (Å²) in [6.45, 7) is 9.62. The van der Waals surface area contributed by atoms with Crippen LogP contribution in [0.3, 0.4) is 0 Å². The molecule has 156 valence electrons. The molecule has 1 fully saturated rings. The predicted octanol–water partition coefficient (Wildman–Crippen LogP) is 2.76. The molecule has 1 aliphatic heterocycles. The van der Waals surface area contributed by atoms with E-state index in [1.807, 2.05) is 48.2 Å². The van der Waals surface area contributed by atoms with Gasteiger partial charge in [-0.05, 0) is 68.8 Å². The van der Waals surface area contributed by atoms with Gasteiger partial charge in [-0.15, -0.1) is 0 Å². The van der Waals surface area contributed by atoms with Crippen LogP contribution >= 0.6 is 0 Å². The van der Waals surface area contributed by atoms with E-state index >= 15 is 0 Å². The molecule has 6 heteroatoms. The van der Waals surface area contributed by atoms with E-state index in [9.17, 15) is 9.59 Å². The first kappa shape index (κ1) is 20.3. The molecule has 0 atom stereocenters. The first-order valence-corrected chi connectivity index (χ1v) is 10.4. The van der Waals surface area contributed by atoms with Crippen LogP contribution in [0.5, 0.6) is 0 Å². The number of aryl methyl sites for hydroxylation is 3. The van der Waals surface area contributed by atoms with Gasteiger partial charge in [-0.3, -0.25) is 9.59 Å². The fourth-order valence-corrected chi connectivity index (χ4v) is 3.91. The van der Waals surface area contributed by atoms with Crippen LogP contribution < -0.4 is 5.56 Å². The highest BCUT2D eigenvalue weighted by molar-refractivity contribution is 5.94. The van der Waals surface area contributed by atoms with Crippen LogP contribution in [-0.4, -0.2) is 58.5 Å². The number of benzene rings is 2. The molecule has 1 aromatic heterocycles. The van der Waals surface area contributed by atoms with E-state index in [1.165, 1.54) is 0 Å². The highest BCUT2D eigenvalue weighted by Gasteiger charge is 2.20. The van der Waals surface area contributed by atoms with Gasteiger partial charge >= 0.3 is 0 Å². The average Bonchev–Trinajstić information content (AvgIpc) is 2.74. The Hall–Kier alpha value is -2.99. The Morgan fingerprint density at radius 1 is 0.967 bits per heavy atom. The molecule has 0 N–H and O–H groups in total. The van der Waals surface area contributed by atoms with E-state index < -0.39 is 0 Å². The van der Waals surface area contributed by atoms with Crippen molar-refractivity contribution in [1.82, 2.24) is 19.4 Å².